The zero-order valence-electron chi connectivity index (χ0n) is 5.37. The van der Waals surface area contributed by atoms with E-state index in [9.17, 15) is 17.6 Å². The second kappa shape index (κ2) is 2.74. The number of halogens is 4. The SMILES string of the molecule is CC(F)(F)C(F)(F)CCO. The molecule has 0 saturated carbocycles. The second-order valence-corrected chi connectivity index (χ2v) is 2.07. The van der Waals surface area contributed by atoms with Crippen LogP contribution in [0.4, 0.5) is 17.6 Å². The topological polar surface area (TPSA) is 20.2 Å². The molecule has 0 aliphatic carbocycles. The molecule has 1 nitrogen and oxygen atoms in total. The summed E-state index contributed by atoms with van der Waals surface area (Å²) in [4.78, 5) is 0. The summed E-state index contributed by atoms with van der Waals surface area (Å²) in [6, 6.07) is 0. The predicted octanol–water partition coefficient (Wildman–Crippen LogP) is 1.66. The van der Waals surface area contributed by atoms with Gasteiger partial charge in [-0.2, -0.15) is 8.78 Å². The van der Waals surface area contributed by atoms with E-state index in [4.69, 9.17) is 5.11 Å². The van der Waals surface area contributed by atoms with E-state index in [1.54, 1.807) is 0 Å². The maximum Gasteiger partial charge on any atom is 0.312 e. The van der Waals surface area contributed by atoms with Gasteiger partial charge in [-0.3, -0.25) is 0 Å². The minimum absolute atomic E-state index is 0.128. The maximum atomic E-state index is 12.0. The van der Waals surface area contributed by atoms with Crippen molar-refractivity contribution in [3.8, 4) is 0 Å². The van der Waals surface area contributed by atoms with Crippen LogP contribution in [0.15, 0.2) is 0 Å². The first-order chi connectivity index (χ1) is 4.31. The average Bonchev–Trinajstić information content (AvgIpc) is 1.61. The number of aliphatic hydroxyl groups excluding tert-OH is 1. The van der Waals surface area contributed by atoms with Gasteiger partial charge >= 0.3 is 11.8 Å². The fraction of sp³-hybridized carbons (Fsp3) is 1.00. The minimum atomic E-state index is -4.10. The van der Waals surface area contributed by atoms with Gasteiger partial charge in [0.05, 0.1) is 0 Å². The molecule has 0 radical (unpaired) electrons. The lowest BCUT2D eigenvalue weighted by Crippen LogP contribution is -2.38. The summed E-state index contributed by atoms with van der Waals surface area (Å²) >= 11 is 0. The molecular formula is C5H8F4O. The lowest BCUT2D eigenvalue weighted by molar-refractivity contribution is -0.204. The molecule has 0 spiro atoms. The van der Waals surface area contributed by atoms with Crippen molar-refractivity contribution in [2.75, 3.05) is 6.61 Å². The Hall–Kier alpha value is -0.320. The molecule has 0 unspecified atom stereocenters. The van der Waals surface area contributed by atoms with E-state index in [1.165, 1.54) is 0 Å². The first-order valence-electron chi connectivity index (χ1n) is 2.68. The van der Waals surface area contributed by atoms with Crippen LogP contribution in [0.1, 0.15) is 13.3 Å². The summed E-state index contributed by atoms with van der Waals surface area (Å²) in [5.41, 5.74) is 0. The van der Waals surface area contributed by atoms with Crippen molar-refractivity contribution in [1.82, 2.24) is 0 Å². The number of alkyl halides is 4. The van der Waals surface area contributed by atoms with Crippen molar-refractivity contribution in [2.45, 2.75) is 25.2 Å². The Bertz CT molecular complexity index is 107. The van der Waals surface area contributed by atoms with Gasteiger partial charge in [0, 0.05) is 20.0 Å². The molecule has 0 heterocycles. The molecule has 0 amide bonds. The highest BCUT2D eigenvalue weighted by Gasteiger charge is 2.51. The van der Waals surface area contributed by atoms with E-state index < -0.39 is 24.9 Å². The van der Waals surface area contributed by atoms with Gasteiger partial charge in [-0.15, -0.1) is 0 Å². The first-order valence-corrected chi connectivity index (χ1v) is 2.68. The Morgan fingerprint density at radius 3 is 1.70 bits per heavy atom. The van der Waals surface area contributed by atoms with Crippen LogP contribution in [0.2, 0.25) is 0 Å². The van der Waals surface area contributed by atoms with Crippen LogP contribution in [-0.2, 0) is 0 Å². The molecule has 0 aromatic heterocycles. The van der Waals surface area contributed by atoms with Crippen LogP contribution in [0.25, 0.3) is 0 Å². The van der Waals surface area contributed by atoms with E-state index in [1.807, 2.05) is 0 Å². The minimum Gasteiger partial charge on any atom is -0.396 e. The molecule has 0 bridgehead atoms. The molecule has 10 heavy (non-hydrogen) atoms. The zero-order valence-corrected chi connectivity index (χ0v) is 5.37. The maximum absolute atomic E-state index is 12.0. The molecule has 5 heteroatoms. The average molecular weight is 160 g/mol. The number of hydrogen-bond acceptors (Lipinski definition) is 1. The van der Waals surface area contributed by atoms with Crippen LogP contribution in [-0.4, -0.2) is 23.6 Å². The molecule has 0 fully saturated rings. The highest BCUT2D eigenvalue weighted by molar-refractivity contribution is 4.79. The van der Waals surface area contributed by atoms with Crippen LogP contribution in [0.5, 0.6) is 0 Å². The van der Waals surface area contributed by atoms with Crippen molar-refractivity contribution in [2.24, 2.45) is 0 Å². The molecule has 1 N–H and O–H groups in total. The third-order valence-corrected chi connectivity index (χ3v) is 1.07. The van der Waals surface area contributed by atoms with Gasteiger partial charge in [0.15, 0.2) is 0 Å². The molecule has 62 valence electrons. The molecule has 0 atom stereocenters. The zero-order chi connectivity index (χ0) is 8.41. The van der Waals surface area contributed by atoms with Crippen LogP contribution < -0.4 is 0 Å². The summed E-state index contributed by atoms with van der Waals surface area (Å²) in [5.74, 6) is -8.14. The monoisotopic (exact) mass is 160 g/mol. The Labute approximate surface area is 55.7 Å². The standard InChI is InChI=1S/C5H8F4O/c1-4(6,7)5(8,9)2-3-10/h10H,2-3H2,1H3. The Morgan fingerprint density at radius 1 is 1.20 bits per heavy atom. The van der Waals surface area contributed by atoms with E-state index in [0.717, 1.165) is 0 Å². The summed E-state index contributed by atoms with van der Waals surface area (Å²) < 4.78 is 47.7. The third-order valence-electron chi connectivity index (χ3n) is 1.07. The van der Waals surface area contributed by atoms with E-state index in [-0.39, 0.29) is 6.92 Å². The number of hydrogen-bond donors (Lipinski definition) is 1. The van der Waals surface area contributed by atoms with E-state index >= 15 is 0 Å². The molecule has 0 aliphatic rings. The van der Waals surface area contributed by atoms with Gasteiger partial charge in [-0.05, 0) is 0 Å². The van der Waals surface area contributed by atoms with Gasteiger partial charge in [-0.25, -0.2) is 8.78 Å². The normalized spacial score (nSPS) is 13.8. The number of rotatable bonds is 3. The Kier molecular flexibility index (Phi) is 2.65. The molecule has 0 aromatic carbocycles. The Morgan fingerprint density at radius 2 is 1.60 bits per heavy atom. The lowest BCUT2D eigenvalue weighted by Gasteiger charge is -2.21. The van der Waals surface area contributed by atoms with Crippen LogP contribution in [0, 0.1) is 0 Å². The van der Waals surface area contributed by atoms with Gasteiger partial charge in [0.1, 0.15) is 0 Å². The van der Waals surface area contributed by atoms with Crippen LogP contribution in [0.3, 0.4) is 0 Å². The van der Waals surface area contributed by atoms with Crippen molar-refractivity contribution in [3.63, 3.8) is 0 Å². The van der Waals surface area contributed by atoms with Gasteiger partial charge in [0.2, 0.25) is 0 Å². The van der Waals surface area contributed by atoms with Crippen molar-refractivity contribution in [3.05, 3.63) is 0 Å². The van der Waals surface area contributed by atoms with Crippen molar-refractivity contribution in [1.29, 1.82) is 0 Å². The quantitative estimate of drug-likeness (QED) is 0.622. The molecular weight excluding hydrogens is 152 g/mol. The summed E-state index contributed by atoms with van der Waals surface area (Å²) in [5, 5.41) is 7.95. The third kappa shape index (κ3) is 2.13. The molecule has 0 saturated heterocycles. The second-order valence-electron chi connectivity index (χ2n) is 2.07. The number of aliphatic hydroxyl groups is 1. The first kappa shape index (κ1) is 9.68. The fourth-order valence-electron chi connectivity index (χ4n) is 0.360. The molecule has 0 aliphatic heterocycles. The van der Waals surface area contributed by atoms with E-state index in [2.05, 4.69) is 0 Å². The largest absolute Gasteiger partial charge is 0.396 e. The fourth-order valence-corrected chi connectivity index (χ4v) is 0.360. The lowest BCUT2D eigenvalue weighted by atomic mass is 10.1. The van der Waals surface area contributed by atoms with Gasteiger partial charge < -0.3 is 5.11 Å². The van der Waals surface area contributed by atoms with Crippen molar-refractivity contribution >= 4 is 0 Å². The predicted molar refractivity (Wildman–Crippen MR) is 27.3 cm³/mol. The summed E-state index contributed by atoms with van der Waals surface area (Å²) in [7, 11) is 0. The van der Waals surface area contributed by atoms with Gasteiger partial charge in [-0.1, -0.05) is 0 Å². The highest BCUT2D eigenvalue weighted by Crippen LogP contribution is 2.35. The molecule has 0 aromatic rings. The summed E-state index contributed by atoms with van der Waals surface area (Å²) in [6.07, 6.45) is -1.20. The van der Waals surface area contributed by atoms with Gasteiger partial charge in [0.25, 0.3) is 0 Å². The van der Waals surface area contributed by atoms with Crippen LogP contribution >= 0.6 is 0 Å². The van der Waals surface area contributed by atoms with Crippen molar-refractivity contribution < 1.29 is 22.7 Å². The summed E-state index contributed by atoms with van der Waals surface area (Å²) in [6.45, 7) is -0.806. The smallest absolute Gasteiger partial charge is 0.312 e. The molecule has 0 rings (SSSR count). The van der Waals surface area contributed by atoms with E-state index in [0.29, 0.717) is 0 Å². The Balaban J connectivity index is 4.10. The highest BCUT2D eigenvalue weighted by atomic mass is 19.3.